The van der Waals surface area contributed by atoms with Crippen molar-refractivity contribution in [3.05, 3.63) is 48.8 Å². The lowest BCUT2D eigenvalue weighted by Crippen LogP contribution is -1.92. The smallest absolute Gasteiger partial charge is 0.126 e. The molecule has 0 fully saturated rings. The van der Waals surface area contributed by atoms with E-state index in [2.05, 4.69) is 9.97 Å². The van der Waals surface area contributed by atoms with Crippen molar-refractivity contribution in [2.24, 2.45) is 0 Å². The predicted octanol–water partition coefficient (Wildman–Crippen LogP) is 3.37. The average molecular weight is 283 g/mol. The van der Waals surface area contributed by atoms with E-state index in [1.54, 1.807) is 19.5 Å². The van der Waals surface area contributed by atoms with Crippen LogP contribution in [0.2, 0.25) is 0 Å². The number of hydrogen-bond donors (Lipinski definition) is 1. The number of anilines is 1. The van der Waals surface area contributed by atoms with Gasteiger partial charge in [-0.15, -0.1) is 0 Å². The third-order valence-corrected chi connectivity index (χ3v) is 4.00. The van der Waals surface area contributed by atoms with Gasteiger partial charge in [-0.3, -0.25) is 0 Å². The van der Waals surface area contributed by atoms with Gasteiger partial charge in [-0.1, -0.05) is 12.1 Å². The molecule has 0 aliphatic rings. The topological polar surface area (TPSA) is 61.0 Å². The van der Waals surface area contributed by atoms with E-state index in [4.69, 9.17) is 10.5 Å². The van der Waals surface area contributed by atoms with Gasteiger partial charge in [-0.25, -0.2) is 9.97 Å². The second-order valence-electron chi connectivity index (χ2n) is 4.17. The first-order valence-corrected chi connectivity index (χ1v) is 6.91. The Morgan fingerprint density at radius 3 is 2.60 bits per heavy atom. The van der Waals surface area contributed by atoms with Crippen molar-refractivity contribution in [2.45, 2.75) is 10.1 Å². The van der Waals surface area contributed by atoms with Crippen molar-refractivity contribution in [3.8, 4) is 5.75 Å². The molecule has 1 aromatic carbocycles. The van der Waals surface area contributed by atoms with Crippen LogP contribution < -0.4 is 10.5 Å². The summed E-state index contributed by atoms with van der Waals surface area (Å²) in [6.45, 7) is 0. The molecule has 0 bridgehead atoms. The zero-order valence-corrected chi connectivity index (χ0v) is 11.7. The summed E-state index contributed by atoms with van der Waals surface area (Å²) in [6, 6.07) is 11.5. The number of pyridine rings is 2. The number of nitrogens with two attached hydrogens (primary N) is 1. The SMILES string of the molecule is COc1cccc2c(Sc3ncccc3N)nccc12. The summed E-state index contributed by atoms with van der Waals surface area (Å²) < 4.78 is 5.38. The molecular formula is C15H13N3OS. The number of rotatable bonds is 3. The van der Waals surface area contributed by atoms with Gasteiger partial charge in [0, 0.05) is 23.2 Å². The number of benzene rings is 1. The fraction of sp³-hybridized carbons (Fsp3) is 0.0667. The Bertz CT molecular complexity index is 761. The summed E-state index contributed by atoms with van der Waals surface area (Å²) in [7, 11) is 1.67. The zero-order chi connectivity index (χ0) is 13.9. The van der Waals surface area contributed by atoms with E-state index in [-0.39, 0.29) is 0 Å². The standard InChI is InChI=1S/C15H13N3OS/c1-19-13-6-2-4-11-10(13)7-9-18-14(11)20-15-12(16)5-3-8-17-15/h2-9H,16H2,1H3. The van der Waals surface area contributed by atoms with Crippen LogP contribution in [0.4, 0.5) is 5.69 Å². The molecule has 0 atom stereocenters. The third kappa shape index (κ3) is 2.28. The predicted molar refractivity (Wildman–Crippen MR) is 81.1 cm³/mol. The van der Waals surface area contributed by atoms with E-state index in [1.807, 2.05) is 36.4 Å². The van der Waals surface area contributed by atoms with Crippen molar-refractivity contribution in [1.29, 1.82) is 0 Å². The summed E-state index contributed by atoms with van der Waals surface area (Å²) in [5.74, 6) is 0.834. The van der Waals surface area contributed by atoms with Crippen LogP contribution in [0.1, 0.15) is 0 Å². The number of fused-ring (bicyclic) bond motifs is 1. The van der Waals surface area contributed by atoms with Crippen molar-refractivity contribution < 1.29 is 4.74 Å². The maximum absolute atomic E-state index is 5.93. The molecule has 0 radical (unpaired) electrons. The van der Waals surface area contributed by atoms with Gasteiger partial charge in [-0.05, 0) is 36.0 Å². The Balaban J connectivity index is 2.11. The first-order valence-electron chi connectivity index (χ1n) is 6.09. The summed E-state index contributed by atoms with van der Waals surface area (Å²) in [6.07, 6.45) is 3.50. The van der Waals surface area contributed by atoms with E-state index in [0.29, 0.717) is 5.69 Å². The molecule has 0 amide bonds. The fourth-order valence-electron chi connectivity index (χ4n) is 1.99. The van der Waals surface area contributed by atoms with Gasteiger partial charge < -0.3 is 10.5 Å². The summed E-state index contributed by atoms with van der Waals surface area (Å²) >= 11 is 1.46. The number of methoxy groups -OCH3 is 1. The molecule has 5 heteroatoms. The number of ether oxygens (including phenoxy) is 1. The second-order valence-corrected chi connectivity index (χ2v) is 5.15. The Morgan fingerprint density at radius 2 is 1.80 bits per heavy atom. The van der Waals surface area contributed by atoms with Crippen molar-refractivity contribution >= 4 is 28.2 Å². The highest BCUT2D eigenvalue weighted by atomic mass is 32.2. The summed E-state index contributed by atoms with van der Waals surface area (Å²) in [4.78, 5) is 8.72. The molecular weight excluding hydrogens is 270 g/mol. The second kappa shape index (κ2) is 5.38. The Labute approximate surface area is 121 Å². The molecule has 2 N–H and O–H groups in total. The molecule has 0 spiro atoms. The average Bonchev–Trinajstić information content (AvgIpc) is 2.49. The van der Waals surface area contributed by atoms with Crippen LogP contribution in [0.3, 0.4) is 0 Å². The van der Waals surface area contributed by atoms with E-state index in [1.165, 1.54) is 11.8 Å². The van der Waals surface area contributed by atoms with Gasteiger partial charge >= 0.3 is 0 Å². The van der Waals surface area contributed by atoms with Crippen LogP contribution >= 0.6 is 11.8 Å². The molecule has 2 aromatic heterocycles. The molecule has 3 aromatic rings. The van der Waals surface area contributed by atoms with Crippen LogP contribution in [-0.2, 0) is 0 Å². The highest BCUT2D eigenvalue weighted by molar-refractivity contribution is 7.99. The van der Waals surface area contributed by atoms with Crippen LogP contribution in [0.5, 0.6) is 5.75 Å². The lowest BCUT2D eigenvalue weighted by atomic mass is 10.1. The van der Waals surface area contributed by atoms with Gasteiger partial charge in [0.05, 0.1) is 12.8 Å². The highest BCUT2D eigenvalue weighted by Gasteiger charge is 2.10. The minimum atomic E-state index is 0.652. The lowest BCUT2D eigenvalue weighted by Gasteiger charge is -2.09. The highest BCUT2D eigenvalue weighted by Crippen LogP contribution is 2.35. The molecule has 0 saturated carbocycles. The van der Waals surface area contributed by atoms with Crippen molar-refractivity contribution in [1.82, 2.24) is 9.97 Å². The van der Waals surface area contributed by atoms with Gasteiger partial charge in [0.25, 0.3) is 0 Å². The van der Waals surface area contributed by atoms with Crippen LogP contribution in [0.25, 0.3) is 10.8 Å². The van der Waals surface area contributed by atoms with Gasteiger partial charge in [0.15, 0.2) is 0 Å². The molecule has 0 unspecified atom stereocenters. The van der Waals surface area contributed by atoms with Crippen LogP contribution in [0, 0.1) is 0 Å². The maximum atomic E-state index is 5.93. The quantitative estimate of drug-likeness (QED) is 0.798. The Morgan fingerprint density at radius 1 is 0.950 bits per heavy atom. The largest absolute Gasteiger partial charge is 0.496 e. The maximum Gasteiger partial charge on any atom is 0.126 e. The zero-order valence-electron chi connectivity index (χ0n) is 10.9. The van der Waals surface area contributed by atoms with E-state index in [0.717, 1.165) is 26.6 Å². The molecule has 3 rings (SSSR count). The van der Waals surface area contributed by atoms with E-state index >= 15 is 0 Å². The molecule has 0 aliphatic carbocycles. The van der Waals surface area contributed by atoms with E-state index < -0.39 is 0 Å². The lowest BCUT2D eigenvalue weighted by molar-refractivity contribution is 0.419. The molecule has 0 aliphatic heterocycles. The molecule has 100 valence electrons. The van der Waals surface area contributed by atoms with E-state index in [9.17, 15) is 0 Å². The van der Waals surface area contributed by atoms with Crippen LogP contribution in [-0.4, -0.2) is 17.1 Å². The monoisotopic (exact) mass is 283 g/mol. The first-order chi connectivity index (χ1) is 9.79. The number of nitrogen functional groups attached to an aromatic ring is 1. The van der Waals surface area contributed by atoms with Crippen molar-refractivity contribution in [2.75, 3.05) is 12.8 Å². The minimum Gasteiger partial charge on any atom is -0.496 e. The Hall–Kier alpha value is -2.27. The molecule has 4 nitrogen and oxygen atoms in total. The summed E-state index contributed by atoms with van der Waals surface area (Å²) in [5.41, 5.74) is 6.58. The molecule has 2 heterocycles. The van der Waals surface area contributed by atoms with Crippen molar-refractivity contribution in [3.63, 3.8) is 0 Å². The first kappa shape index (κ1) is 12.7. The van der Waals surface area contributed by atoms with Gasteiger partial charge in [-0.2, -0.15) is 0 Å². The van der Waals surface area contributed by atoms with Gasteiger partial charge in [0.2, 0.25) is 0 Å². The van der Waals surface area contributed by atoms with Gasteiger partial charge in [0.1, 0.15) is 15.8 Å². The number of hydrogen-bond acceptors (Lipinski definition) is 5. The van der Waals surface area contributed by atoms with Crippen LogP contribution in [0.15, 0.2) is 58.8 Å². The Kier molecular flexibility index (Phi) is 3.43. The minimum absolute atomic E-state index is 0.652. The molecule has 20 heavy (non-hydrogen) atoms. The normalized spacial score (nSPS) is 10.7. The molecule has 0 saturated heterocycles. The fourth-order valence-corrected chi connectivity index (χ4v) is 2.88. The number of aromatic nitrogens is 2. The summed E-state index contributed by atoms with van der Waals surface area (Å²) in [5, 5.41) is 3.69. The third-order valence-electron chi connectivity index (χ3n) is 2.94. The number of nitrogens with zero attached hydrogens (tertiary/aromatic N) is 2.